The number of fused-ring (bicyclic) bond motifs is 1. The molecule has 2 aromatic carbocycles. The molecule has 0 saturated carbocycles. The van der Waals surface area contributed by atoms with Crippen LogP contribution in [-0.2, 0) is 22.5 Å². The third-order valence-corrected chi connectivity index (χ3v) is 9.31. The van der Waals surface area contributed by atoms with E-state index in [2.05, 4.69) is 14.8 Å². The summed E-state index contributed by atoms with van der Waals surface area (Å²) in [6, 6.07) is 7.12. The number of rotatable bonds is 12. The maximum absolute atomic E-state index is 14.1. The third kappa shape index (κ3) is 7.75. The molecule has 2 aliphatic rings. The van der Waals surface area contributed by atoms with Crippen LogP contribution >= 0.6 is 0 Å². The average molecular weight is 631 g/mol. The number of aliphatic hydroxyl groups excluding tert-OH is 1. The van der Waals surface area contributed by atoms with Crippen molar-refractivity contribution < 1.29 is 37.8 Å². The van der Waals surface area contributed by atoms with Crippen molar-refractivity contribution in [2.24, 2.45) is 5.41 Å². The van der Waals surface area contributed by atoms with Gasteiger partial charge in [-0.25, -0.2) is 18.7 Å². The van der Waals surface area contributed by atoms with Gasteiger partial charge in [0.1, 0.15) is 11.6 Å². The summed E-state index contributed by atoms with van der Waals surface area (Å²) >= 11 is 0. The zero-order chi connectivity index (χ0) is 32.0. The van der Waals surface area contributed by atoms with Gasteiger partial charge < -0.3 is 19.5 Å². The molecule has 3 heterocycles. The van der Waals surface area contributed by atoms with Gasteiger partial charge in [-0.2, -0.15) is 0 Å². The first-order valence-corrected chi connectivity index (χ1v) is 15.5. The molecule has 45 heavy (non-hydrogen) atoms. The lowest BCUT2D eigenvalue weighted by Gasteiger charge is -2.40. The molecular weight excluding hydrogens is 589 g/mol. The van der Waals surface area contributed by atoms with Crippen molar-refractivity contribution in [3.8, 4) is 5.75 Å². The summed E-state index contributed by atoms with van der Waals surface area (Å²) in [5, 5.41) is 22.2. The molecule has 12 heteroatoms. The number of pyridine rings is 1. The van der Waals surface area contributed by atoms with E-state index in [0.29, 0.717) is 76.9 Å². The predicted octanol–water partition coefficient (Wildman–Crippen LogP) is 4.53. The van der Waals surface area contributed by atoms with Gasteiger partial charge in [-0.1, -0.05) is 0 Å². The summed E-state index contributed by atoms with van der Waals surface area (Å²) in [5.74, 6) is -2.87. The van der Waals surface area contributed by atoms with Crippen molar-refractivity contribution >= 4 is 16.8 Å². The van der Waals surface area contributed by atoms with E-state index in [1.165, 1.54) is 0 Å². The van der Waals surface area contributed by atoms with E-state index < -0.39 is 34.9 Å². The van der Waals surface area contributed by atoms with Crippen molar-refractivity contribution in [1.29, 1.82) is 0 Å². The molecule has 2 saturated heterocycles. The molecule has 0 unspecified atom stereocenters. The van der Waals surface area contributed by atoms with E-state index in [4.69, 9.17) is 9.47 Å². The Morgan fingerprint density at radius 1 is 1.09 bits per heavy atom. The number of amides is 1. The van der Waals surface area contributed by atoms with Crippen LogP contribution in [0.25, 0.3) is 10.9 Å². The molecule has 5 rings (SSSR count). The maximum atomic E-state index is 14.1. The third-order valence-electron chi connectivity index (χ3n) is 9.31. The summed E-state index contributed by atoms with van der Waals surface area (Å²) in [6.07, 6.45) is 3.09. The van der Waals surface area contributed by atoms with Crippen LogP contribution in [-0.4, -0.2) is 84.1 Å². The molecular formula is C33H41F3N4O5. The van der Waals surface area contributed by atoms with Crippen molar-refractivity contribution in [3.05, 3.63) is 70.7 Å². The van der Waals surface area contributed by atoms with Crippen LogP contribution in [0.2, 0.25) is 0 Å². The number of nitrogens with zero attached hydrogens (tertiary/aromatic N) is 3. The highest BCUT2D eigenvalue weighted by molar-refractivity contribution is 5.85. The minimum atomic E-state index is -1.20. The minimum Gasteiger partial charge on any atom is -0.497 e. The van der Waals surface area contributed by atoms with Gasteiger partial charge in [0.15, 0.2) is 11.6 Å². The van der Waals surface area contributed by atoms with Gasteiger partial charge in [-0.3, -0.25) is 19.9 Å². The van der Waals surface area contributed by atoms with Gasteiger partial charge in [0.25, 0.3) is 0 Å². The molecule has 244 valence electrons. The monoisotopic (exact) mass is 630 g/mol. The number of aliphatic hydroxyl groups is 1. The second kappa shape index (κ2) is 14.9. The molecule has 2 fully saturated rings. The average Bonchev–Trinajstić information content (AvgIpc) is 3.06. The molecule has 9 nitrogen and oxygen atoms in total. The van der Waals surface area contributed by atoms with E-state index in [1.54, 1.807) is 7.11 Å². The quantitative estimate of drug-likeness (QED) is 0.152. The van der Waals surface area contributed by atoms with Crippen molar-refractivity contribution in [2.45, 2.75) is 51.2 Å². The number of aryl methyl sites for hydroxylation is 1. The number of methoxy groups -OCH3 is 1. The molecule has 0 spiro atoms. The molecule has 0 bridgehead atoms. The van der Waals surface area contributed by atoms with Crippen molar-refractivity contribution in [1.82, 2.24) is 20.3 Å². The summed E-state index contributed by atoms with van der Waals surface area (Å²) in [7, 11) is 1.59. The lowest BCUT2D eigenvalue weighted by Crippen LogP contribution is -2.48. The number of likely N-dealkylation sites (tertiary alicyclic amines) is 1. The number of carbonyl (C=O) groups is 1. The van der Waals surface area contributed by atoms with E-state index in [-0.39, 0.29) is 18.4 Å². The molecule has 2 aliphatic heterocycles. The Balaban J connectivity index is 1.27. The van der Waals surface area contributed by atoms with Gasteiger partial charge in [-0.15, -0.1) is 0 Å². The maximum Gasteiger partial charge on any atom is 0.249 e. The Hall–Kier alpha value is -3.29. The Bertz CT molecular complexity index is 1480. The summed E-state index contributed by atoms with van der Waals surface area (Å²) in [6.45, 7) is 5.08. The molecule has 3 N–H and O–H groups in total. The largest absolute Gasteiger partial charge is 0.497 e. The van der Waals surface area contributed by atoms with Crippen LogP contribution in [0.15, 0.2) is 36.5 Å². The first kappa shape index (κ1) is 33.1. The Kier molecular flexibility index (Phi) is 10.9. The number of nitrogens with one attached hydrogen (secondary N) is 1. The second-order valence-corrected chi connectivity index (χ2v) is 12.1. The Morgan fingerprint density at radius 3 is 2.56 bits per heavy atom. The first-order valence-electron chi connectivity index (χ1n) is 15.5. The number of benzene rings is 2. The molecule has 1 aromatic heterocycles. The number of aromatic nitrogens is 1. The topological polar surface area (TPSA) is 107 Å². The highest BCUT2D eigenvalue weighted by atomic mass is 19.2. The van der Waals surface area contributed by atoms with Crippen LogP contribution in [0.4, 0.5) is 13.2 Å². The number of halogens is 3. The van der Waals surface area contributed by atoms with E-state index in [1.807, 2.05) is 29.9 Å². The first-order chi connectivity index (χ1) is 21.7. The van der Waals surface area contributed by atoms with Crippen LogP contribution in [0, 0.1) is 22.9 Å². The zero-order valence-corrected chi connectivity index (χ0v) is 25.5. The number of morpholine rings is 1. The highest BCUT2D eigenvalue weighted by Gasteiger charge is 2.41. The molecule has 3 aromatic rings. The van der Waals surface area contributed by atoms with E-state index in [0.717, 1.165) is 41.2 Å². The Labute approximate surface area is 260 Å². The van der Waals surface area contributed by atoms with Gasteiger partial charge in [0.2, 0.25) is 5.91 Å². The van der Waals surface area contributed by atoms with Gasteiger partial charge in [0.05, 0.1) is 37.4 Å². The Morgan fingerprint density at radius 2 is 1.84 bits per heavy atom. The van der Waals surface area contributed by atoms with E-state index in [9.17, 15) is 28.3 Å². The normalized spacial score (nSPS) is 18.2. The standard InChI is InChI=1S/C33H41F3N4O5/c1-44-25-4-5-28-26(19-25)30(23(20-37-28)21-40-13-15-45-16-14-40)29(41)6-7-33(32(42)38-43)8-11-39(12-9-33)10-2-3-22-17-24(34)18-27(35)31(22)36/h4-5,17-20,29,41,43H,2-3,6-16,21H2,1H3,(H,38,42)/t29-/m1/s1. The fraction of sp³-hybridized carbons (Fsp3) is 0.515. The number of ether oxygens (including phenoxy) is 2. The lowest BCUT2D eigenvalue weighted by molar-refractivity contribution is -0.143. The number of piperidine rings is 1. The predicted molar refractivity (Wildman–Crippen MR) is 161 cm³/mol. The van der Waals surface area contributed by atoms with Crippen LogP contribution < -0.4 is 10.2 Å². The SMILES string of the molecule is COc1ccc2ncc(CN3CCOCC3)c([C@H](O)CCC3(C(=O)NO)CCN(CCCc4cc(F)cc(F)c4F)CC3)c2c1. The second-order valence-electron chi connectivity index (χ2n) is 12.1. The summed E-state index contributed by atoms with van der Waals surface area (Å²) < 4.78 is 52.2. The van der Waals surface area contributed by atoms with Crippen molar-refractivity contribution in [2.75, 3.05) is 53.0 Å². The fourth-order valence-corrected chi connectivity index (χ4v) is 6.64. The lowest BCUT2D eigenvalue weighted by atomic mass is 9.73. The van der Waals surface area contributed by atoms with Crippen LogP contribution in [0.1, 0.15) is 54.9 Å². The fourth-order valence-electron chi connectivity index (χ4n) is 6.64. The van der Waals surface area contributed by atoms with Gasteiger partial charge in [-0.05, 0) is 99.1 Å². The minimum absolute atomic E-state index is 0.00162. The summed E-state index contributed by atoms with van der Waals surface area (Å²) in [5.41, 5.74) is 3.34. The van der Waals surface area contributed by atoms with Gasteiger partial charge in [0, 0.05) is 37.3 Å². The van der Waals surface area contributed by atoms with Gasteiger partial charge >= 0.3 is 0 Å². The number of hydrogen-bond donors (Lipinski definition) is 3. The zero-order valence-electron chi connectivity index (χ0n) is 25.5. The molecule has 0 aliphatic carbocycles. The number of carbonyl (C=O) groups excluding carboxylic acids is 1. The molecule has 1 amide bonds. The number of hydroxylamine groups is 1. The smallest absolute Gasteiger partial charge is 0.249 e. The number of hydrogen-bond acceptors (Lipinski definition) is 8. The van der Waals surface area contributed by atoms with Crippen molar-refractivity contribution in [3.63, 3.8) is 0 Å². The summed E-state index contributed by atoms with van der Waals surface area (Å²) in [4.78, 5) is 22.1. The van der Waals surface area contributed by atoms with Crippen LogP contribution in [0.3, 0.4) is 0 Å². The van der Waals surface area contributed by atoms with E-state index >= 15 is 0 Å². The molecule has 0 radical (unpaired) electrons. The highest BCUT2D eigenvalue weighted by Crippen LogP contribution is 2.40. The molecule has 1 atom stereocenters. The van der Waals surface area contributed by atoms with Crippen LogP contribution in [0.5, 0.6) is 5.75 Å².